The molecule has 5 rings (SSSR count). The lowest BCUT2D eigenvalue weighted by molar-refractivity contribution is 0.0740. The van der Waals surface area contributed by atoms with Crippen molar-refractivity contribution < 1.29 is 9.21 Å². The van der Waals surface area contributed by atoms with Gasteiger partial charge in [0, 0.05) is 23.4 Å². The van der Waals surface area contributed by atoms with Crippen LogP contribution in [0.1, 0.15) is 31.4 Å². The van der Waals surface area contributed by atoms with Crippen LogP contribution in [0.25, 0.3) is 21.8 Å². The van der Waals surface area contributed by atoms with Crippen molar-refractivity contribution in [3.8, 4) is 11.6 Å². The normalized spacial score (nSPS) is 13.9. The van der Waals surface area contributed by atoms with E-state index < -0.39 is 0 Å². The molecule has 7 heteroatoms. The van der Waals surface area contributed by atoms with Gasteiger partial charge in [-0.3, -0.25) is 4.79 Å². The predicted octanol–water partition coefficient (Wildman–Crippen LogP) is 4.83. The maximum Gasteiger partial charge on any atom is 0.264 e. The zero-order chi connectivity index (χ0) is 18.5. The van der Waals surface area contributed by atoms with Crippen molar-refractivity contribution in [2.45, 2.75) is 26.8 Å². The molecule has 1 aliphatic heterocycles. The Kier molecular flexibility index (Phi) is 3.87. The largest absolute Gasteiger partial charge is 0.461 e. The van der Waals surface area contributed by atoms with Gasteiger partial charge >= 0.3 is 0 Å². The van der Waals surface area contributed by atoms with E-state index in [4.69, 9.17) is 4.42 Å². The molecule has 5 nitrogen and oxygen atoms in total. The zero-order valence-corrected chi connectivity index (χ0v) is 16.6. The van der Waals surface area contributed by atoms with Crippen LogP contribution in [0.3, 0.4) is 0 Å². The third-order valence-electron chi connectivity index (χ3n) is 5.00. The number of nitrogens with zero attached hydrogens (tertiary/aromatic N) is 3. The second-order valence-corrected chi connectivity index (χ2v) is 8.69. The molecule has 0 saturated heterocycles. The summed E-state index contributed by atoms with van der Waals surface area (Å²) >= 11 is 3.23. The number of fused-ring (bicyclic) bond motifs is 2. The van der Waals surface area contributed by atoms with Gasteiger partial charge in [-0.25, -0.2) is 9.97 Å². The average Bonchev–Trinajstić information content (AvgIpc) is 3.40. The van der Waals surface area contributed by atoms with Crippen LogP contribution < -0.4 is 0 Å². The summed E-state index contributed by atoms with van der Waals surface area (Å²) in [4.78, 5) is 27.4. The standard InChI is InChI=1S/C20H17N3O2S2/c1-11-16-12(2)21-18(14-4-3-8-25-14)22-19(16)27-17(11)20(24)23-7-5-15-13(10-23)6-9-26-15/h3-4,6,8-9H,5,7,10H2,1-2H3. The highest BCUT2D eigenvalue weighted by atomic mass is 32.1. The number of aryl methyl sites for hydroxylation is 2. The Bertz CT molecular complexity index is 1160. The summed E-state index contributed by atoms with van der Waals surface area (Å²) in [7, 11) is 0. The first-order valence-electron chi connectivity index (χ1n) is 8.78. The fraction of sp³-hybridized carbons (Fsp3) is 0.250. The van der Waals surface area contributed by atoms with E-state index >= 15 is 0 Å². The molecule has 0 saturated carbocycles. The molecule has 0 spiro atoms. The second-order valence-electron chi connectivity index (χ2n) is 6.69. The van der Waals surface area contributed by atoms with Crippen LogP contribution in [0.4, 0.5) is 0 Å². The molecule has 1 aliphatic rings. The number of rotatable bonds is 2. The van der Waals surface area contributed by atoms with E-state index in [1.54, 1.807) is 17.6 Å². The van der Waals surface area contributed by atoms with Gasteiger partial charge in [-0.1, -0.05) is 0 Å². The third kappa shape index (κ3) is 2.69. The number of amides is 1. The summed E-state index contributed by atoms with van der Waals surface area (Å²) in [5, 5.41) is 3.09. The molecule has 27 heavy (non-hydrogen) atoms. The molecule has 0 bridgehead atoms. The number of furan rings is 1. The predicted molar refractivity (Wildman–Crippen MR) is 107 cm³/mol. The quantitative estimate of drug-likeness (QED) is 0.488. The summed E-state index contributed by atoms with van der Waals surface area (Å²) < 4.78 is 5.43. The Labute approximate surface area is 164 Å². The summed E-state index contributed by atoms with van der Waals surface area (Å²) in [5.41, 5.74) is 3.12. The molecule has 0 atom stereocenters. The van der Waals surface area contributed by atoms with Crippen molar-refractivity contribution in [1.29, 1.82) is 0 Å². The number of aromatic nitrogens is 2. The van der Waals surface area contributed by atoms with Crippen molar-refractivity contribution in [3.05, 3.63) is 56.4 Å². The summed E-state index contributed by atoms with van der Waals surface area (Å²) in [6.45, 7) is 5.41. The summed E-state index contributed by atoms with van der Waals surface area (Å²) in [5.74, 6) is 1.29. The number of thiophene rings is 2. The Balaban J connectivity index is 1.55. The minimum absolute atomic E-state index is 0.0892. The van der Waals surface area contributed by atoms with Crippen LogP contribution in [0.2, 0.25) is 0 Å². The highest BCUT2D eigenvalue weighted by molar-refractivity contribution is 7.20. The molecule has 0 N–H and O–H groups in total. The molecule has 4 aromatic rings. The van der Waals surface area contributed by atoms with Gasteiger partial charge in [0.2, 0.25) is 0 Å². The van der Waals surface area contributed by atoms with Gasteiger partial charge in [0.1, 0.15) is 4.83 Å². The van der Waals surface area contributed by atoms with Crippen LogP contribution in [-0.4, -0.2) is 27.3 Å². The van der Waals surface area contributed by atoms with E-state index in [1.165, 1.54) is 21.8 Å². The van der Waals surface area contributed by atoms with E-state index in [1.807, 2.05) is 30.9 Å². The van der Waals surface area contributed by atoms with E-state index in [0.717, 1.165) is 39.3 Å². The molecule has 1 amide bonds. The van der Waals surface area contributed by atoms with Crippen LogP contribution in [0.5, 0.6) is 0 Å². The first kappa shape index (κ1) is 16.6. The van der Waals surface area contributed by atoms with Crippen LogP contribution in [0.15, 0.2) is 34.3 Å². The smallest absolute Gasteiger partial charge is 0.264 e. The van der Waals surface area contributed by atoms with Gasteiger partial charge < -0.3 is 9.32 Å². The second kappa shape index (κ2) is 6.28. The lowest BCUT2D eigenvalue weighted by Gasteiger charge is -2.26. The van der Waals surface area contributed by atoms with Gasteiger partial charge in [-0.05, 0) is 55.0 Å². The van der Waals surface area contributed by atoms with Gasteiger partial charge in [-0.15, -0.1) is 22.7 Å². The van der Waals surface area contributed by atoms with Gasteiger partial charge in [0.05, 0.1) is 16.8 Å². The SMILES string of the molecule is Cc1nc(-c2ccco2)nc2sc(C(=O)N3CCc4sccc4C3)c(C)c12. The topological polar surface area (TPSA) is 59.2 Å². The minimum atomic E-state index is 0.0892. The first-order chi connectivity index (χ1) is 13.1. The van der Waals surface area contributed by atoms with E-state index in [-0.39, 0.29) is 5.91 Å². The molecule has 0 radical (unpaired) electrons. The number of hydrogen-bond acceptors (Lipinski definition) is 6. The number of hydrogen-bond donors (Lipinski definition) is 0. The van der Waals surface area contributed by atoms with E-state index in [0.29, 0.717) is 18.1 Å². The van der Waals surface area contributed by atoms with Crippen LogP contribution in [-0.2, 0) is 13.0 Å². The minimum Gasteiger partial charge on any atom is -0.461 e. The molecule has 136 valence electrons. The molecule has 4 aromatic heterocycles. The molecule has 0 aliphatic carbocycles. The third-order valence-corrected chi connectivity index (χ3v) is 7.20. The Hall–Kier alpha value is -2.51. The van der Waals surface area contributed by atoms with Crippen molar-refractivity contribution >= 4 is 38.8 Å². The highest BCUT2D eigenvalue weighted by Crippen LogP contribution is 2.35. The highest BCUT2D eigenvalue weighted by Gasteiger charge is 2.27. The molecule has 0 unspecified atom stereocenters. The van der Waals surface area contributed by atoms with E-state index in [2.05, 4.69) is 21.4 Å². The molecule has 5 heterocycles. The Morgan fingerprint density at radius 2 is 2.15 bits per heavy atom. The van der Waals surface area contributed by atoms with E-state index in [9.17, 15) is 4.79 Å². The lowest BCUT2D eigenvalue weighted by atomic mass is 10.1. The van der Waals surface area contributed by atoms with Crippen LogP contribution in [0, 0.1) is 13.8 Å². The van der Waals surface area contributed by atoms with Crippen molar-refractivity contribution in [2.75, 3.05) is 6.54 Å². The number of carbonyl (C=O) groups excluding carboxylic acids is 1. The van der Waals surface area contributed by atoms with Crippen molar-refractivity contribution in [3.63, 3.8) is 0 Å². The molecule has 0 aromatic carbocycles. The first-order valence-corrected chi connectivity index (χ1v) is 10.5. The monoisotopic (exact) mass is 395 g/mol. The average molecular weight is 396 g/mol. The Morgan fingerprint density at radius 1 is 1.26 bits per heavy atom. The molecular weight excluding hydrogens is 378 g/mol. The van der Waals surface area contributed by atoms with Gasteiger partial charge in [-0.2, -0.15) is 0 Å². The zero-order valence-electron chi connectivity index (χ0n) is 15.0. The maximum absolute atomic E-state index is 13.2. The molecule has 0 fully saturated rings. The Morgan fingerprint density at radius 3 is 2.96 bits per heavy atom. The number of carbonyl (C=O) groups is 1. The molecular formula is C20H17N3O2S2. The maximum atomic E-state index is 13.2. The van der Waals surface area contributed by atoms with Crippen molar-refractivity contribution in [2.24, 2.45) is 0 Å². The lowest BCUT2D eigenvalue weighted by Crippen LogP contribution is -2.35. The van der Waals surface area contributed by atoms with Crippen molar-refractivity contribution in [1.82, 2.24) is 14.9 Å². The van der Waals surface area contributed by atoms with Crippen LogP contribution >= 0.6 is 22.7 Å². The van der Waals surface area contributed by atoms with Gasteiger partial charge in [0.25, 0.3) is 5.91 Å². The van der Waals surface area contributed by atoms with Gasteiger partial charge in [0.15, 0.2) is 11.6 Å². The fourth-order valence-corrected chi connectivity index (χ4v) is 5.71. The summed E-state index contributed by atoms with van der Waals surface area (Å²) in [6.07, 6.45) is 2.55. The summed E-state index contributed by atoms with van der Waals surface area (Å²) in [6, 6.07) is 5.80. The fourth-order valence-electron chi connectivity index (χ4n) is 3.62.